The zero-order valence-corrected chi connectivity index (χ0v) is 14.2. The second kappa shape index (κ2) is 9.40. The van der Waals surface area contributed by atoms with E-state index in [0.717, 1.165) is 29.4 Å². The second-order valence-electron chi connectivity index (χ2n) is 4.37. The van der Waals surface area contributed by atoms with Crippen LogP contribution in [0.4, 0.5) is 0 Å². The number of hydrogen-bond donors (Lipinski definition) is 2. The van der Waals surface area contributed by atoms with Gasteiger partial charge in [-0.05, 0) is 30.8 Å². The van der Waals surface area contributed by atoms with Crippen molar-refractivity contribution in [2.45, 2.75) is 6.92 Å². The summed E-state index contributed by atoms with van der Waals surface area (Å²) in [5.41, 5.74) is 0.979. The Morgan fingerprint density at radius 1 is 1.27 bits per heavy atom. The van der Waals surface area contributed by atoms with Crippen molar-refractivity contribution in [1.82, 2.24) is 15.6 Å². The number of amides is 1. The van der Waals surface area contributed by atoms with Crippen LogP contribution in [0.3, 0.4) is 0 Å². The Balaban J connectivity index is 0.00000242. The standard InChI is InChI=1S/C15H19N3O2S.ClH/c1-3-16-8-9-17-14(19)13-10-18-15(21-13)11-4-6-12(20-2)7-5-11;/h4-7,10,16H,3,8-9H2,1-2H3,(H,17,19);1H. The largest absolute Gasteiger partial charge is 0.497 e. The Bertz CT molecular complexity index is 587. The molecule has 1 aromatic carbocycles. The number of nitrogens with zero attached hydrogens (tertiary/aromatic N) is 1. The van der Waals surface area contributed by atoms with Crippen LogP contribution < -0.4 is 15.4 Å². The van der Waals surface area contributed by atoms with Gasteiger partial charge in [0, 0.05) is 18.7 Å². The van der Waals surface area contributed by atoms with E-state index in [2.05, 4.69) is 15.6 Å². The molecular weight excluding hydrogens is 322 g/mol. The predicted molar refractivity (Wildman–Crippen MR) is 92.2 cm³/mol. The zero-order chi connectivity index (χ0) is 15.1. The Hall–Kier alpha value is -1.63. The third-order valence-electron chi connectivity index (χ3n) is 2.90. The monoisotopic (exact) mass is 341 g/mol. The van der Waals surface area contributed by atoms with Crippen molar-refractivity contribution in [3.63, 3.8) is 0 Å². The molecule has 22 heavy (non-hydrogen) atoms. The molecule has 2 rings (SSSR count). The molecule has 0 spiro atoms. The number of nitrogens with one attached hydrogen (secondary N) is 2. The Morgan fingerprint density at radius 2 is 2.00 bits per heavy atom. The molecule has 2 N–H and O–H groups in total. The lowest BCUT2D eigenvalue weighted by Gasteiger charge is -2.03. The molecule has 0 radical (unpaired) electrons. The minimum Gasteiger partial charge on any atom is -0.497 e. The number of carbonyl (C=O) groups is 1. The van der Waals surface area contributed by atoms with Crippen LogP contribution in [0.1, 0.15) is 16.6 Å². The molecule has 120 valence electrons. The Kier molecular flexibility index (Phi) is 7.87. The van der Waals surface area contributed by atoms with Gasteiger partial charge >= 0.3 is 0 Å². The smallest absolute Gasteiger partial charge is 0.263 e. The molecule has 0 atom stereocenters. The minimum absolute atomic E-state index is 0. The second-order valence-corrected chi connectivity index (χ2v) is 5.40. The molecule has 0 saturated heterocycles. The number of halogens is 1. The maximum Gasteiger partial charge on any atom is 0.263 e. The molecule has 0 aliphatic rings. The number of rotatable bonds is 7. The number of likely N-dealkylation sites (N-methyl/N-ethyl adjacent to an activating group) is 1. The molecule has 0 bridgehead atoms. The van der Waals surface area contributed by atoms with Gasteiger partial charge in [0.25, 0.3) is 5.91 Å². The zero-order valence-electron chi connectivity index (χ0n) is 12.6. The van der Waals surface area contributed by atoms with Gasteiger partial charge in [0.2, 0.25) is 0 Å². The van der Waals surface area contributed by atoms with E-state index in [1.54, 1.807) is 13.3 Å². The summed E-state index contributed by atoms with van der Waals surface area (Å²) in [7, 11) is 1.63. The first-order chi connectivity index (χ1) is 10.2. The molecule has 1 aromatic heterocycles. The summed E-state index contributed by atoms with van der Waals surface area (Å²) in [5, 5.41) is 6.85. The van der Waals surface area contributed by atoms with Crippen LogP contribution >= 0.6 is 23.7 Å². The van der Waals surface area contributed by atoms with E-state index in [-0.39, 0.29) is 18.3 Å². The molecule has 1 amide bonds. The van der Waals surface area contributed by atoms with Gasteiger partial charge in [-0.25, -0.2) is 4.98 Å². The van der Waals surface area contributed by atoms with Gasteiger partial charge in [-0.1, -0.05) is 6.92 Å². The highest BCUT2D eigenvalue weighted by Crippen LogP contribution is 2.26. The fourth-order valence-corrected chi connectivity index (χ4v) is 2.61. The van der Waals surface area contributed by atoms with Gasteiger partial charge in [-0.2, -0.15) is 0 Å². The molecule has 0 saturated carbocycles. The average molecular weight is 342 g/mol. The summed E-state index contributed by atoms with van der Waals surface area (Å²) in [6.45, 7) is 4.32. The summed E-state index contributed by atoms with van der Waals surface area (Å²) in [6, 6.07) is 7.63. The Labute approximate surface area is 140 Å². The lowest BCUT2D eigenvalue weighted by atomic mass is 10.2. The highest BCUT2D eigenvalue weighted by Gasteiger charge is 2.11. The number of thiazole rings is 1. The summed E-state index contributed by atoms with van der Waals surface area (Å²) in [5.74, 6) is 0.724. The van der Waals surface area contributed by atoms with E-state index in [4.69, 9.17) is 4.74 Å². The van der Waals surface area contributed by atoms with Crippen molar-refractivity contribution in [3.05, 3.63) is 35.3 Å². The van der Waals surface area contributed by atoms with Gasteiger partial charge < -0.3 is 15.4 Å². The summed E-state index contributed by atoms with van der Waals surface area (Å²) in [6.07, 6.45) is 1.62. The first-order valence-electron chi connectivity index (χ1n) is 6.83. The summed E-state index contributed by atoms with van der Waals surface area (Å²) < 4.78 is 5.13. The molecule has 0 aliphatic carbocycles. The SMILES string of the molecule is CCNCCNC(=O)c1cnc(-c2ccc(OC)cc2)s1.Cl. The first kappa shape index (κ1) is 18.4. The number of ether oxygens (including phenoxy) is 1. The normalized spacial score (nSPS) is 9.91. The third-order valence-corrected chi connectivity index (χ3v) is 3.95. The van der Waals surface area contributed by atoms with Crippen molar-refractivity contribution in [2.24, 2.45) is 0 Å². The van der Waals surface area contributed by atoms with Crippen LogP contribution in [0.2, 0.25) is 0 Å². The van der Waals surface area contributed by atoms with Crippen LogP contribution in [-0.4, -0.2) is 37.6 Å². The molecule has 0 fully saturated rings. The van der Waals surface area contributed by atoms with Crippen molar-refractivity contribution in [3.8, 4) is 16.3 Å². The Morgan fingerprint density at radius 3 is 2.64 bits per heavy atom. The van der Waals surface area contributed by atoms with Crippen molar-refractivity contribution >= 4 is 29.7 Å². The van der Waals surface area contributed by atoms with Gasteiger partial charge in [0.15, 0.2) is 0 Å². The molecule has 2 aromatic rings. The van der Waals surface area contributed by atoms with E-state index in [1.807, 2.05) is 31.2 Å². The molecule has 7 heteroatoms. The molecule has 0 aliphatic heterocycles. The van der Waals surface area contributed by atoms with E-state index >= 15 is 0 Å². The van der Waals surface area contributed by atoms with Gasteiger partial charge in [-0.15, -0.1) is 23.7 Å². The first-order valence-corrected chi connectivity index (χ1v) is 7.65. The van der Waals surface area contributed by atoms with Crippen molar-refractivity contribution in [1.29, 1.82) is 0 Å². The van der Waals surface area contributed by atoms with Crippen molar-refractivity contribution in [2.75, 3.05) is 26.7 Å². The quantitative estimate of drug-likeness (QED) is 0.760. The van der Waals surface area contributed by atoms with Crippen LogP contribution in [0.25, 0.3) is 10.6 Å². The highest BCUT2D eigenvalue weighted by molar-refractivity contribution is 7.16. The van der Waals surface area contributed by atoms with Gasteiger partial charge in [0.1, 0.15) is 15.6 Å². The molecular formula is C15H20ClN3O2S. The van der Waals surface area contributed by atoms with Crippen molar-refractivity contribution < 1.29 is 9.53 Å². The van der Waals surface area contributed by atoms with Gasteiger partial charge in [0.05, 0.1) is 13.3 Å². The summed E-state index contributed by atoms with van der Waals surface area (Å²) >= 11 is 1.39. The summed E-state index contributed by atoms with van der Waals surface area (Å²) in [4.78, 5) is 16.9. The van der Waals surface area contributed by atoms with E-state index < -0.39 is 0 Å². The topological polar surface area (TPSA) is 63.2 Å². The fourth-order valence-electron chi connectivity index (χ4n) is 1.77. The van der Waals surface area contributed by atoms with Crippen LogP contribution in [0.15, 0.2) is 30.5 Å². The maximum absolute atomic E-state index is 12.0. The lowest BCUT2D eigenvalue weighted by Crippen LogP contribution is -2.31. The number of hydrogen-bond acceptors (Lipinski definition) is 5. The third kappa shape index (κ3) is 4.98. The lowest BCUT2D eigenvalue weighted by molar-refractivity contribution is 0.0958. The fraction of sp³-hybridized carbons (Fsp3) is 0.333. The molecule has 0 unspecified atom stereocenters. The molecule has 5 nitrogen and oxygen atoms in total. The van der Waals surface area contributed by atoms with E-state index in [1.165, 1.54) is 11.3 Å². The average Bonchev–Trinajstić information content (AvgIpc) is 3.01. The van der Waals surface area contributed by atoms with Gasteiger partial charge in [-0.3, -0.25) is 4.79 Å². The highest BCUT2D eigenvalue weighted by atomic mass is 35.5. The maximum atomic E-state index is 12.0. The number of benzene rings is 1. The van der Waals surface area contributed by atoms with Crippen LogP contribution in [0.5, 0.6) is 5.75 Å². The van der Waals surface area contributed by atoms with Crippen LogP contribution in [0, 0.1) is 0 Å². The molecule has 1 heterocycles. The minimum atomic E-state index is -0.0786. The number of aromatic nitrogens is 1. The van der Waals surface area contributed by atoms with E-state index in [0.29, 0.717) is 11.4 Å². The number of carbonyl (C=O) groups excluding carboxylic acids is 1. The number of methoxy groups -OCH3 is 1. The predicted octanol–water partition coefficient (Wildman–Crippen LogP) is 2.58. The van der Waals surface area contributed by atoms with Crippen LogP contribution in [-0.2, 0) is 0 Å². The van der Waals surface area contributed by atoms with E-state index in [9.17, 15) is 4.79 Å².